The Bertz CT molecular complexity index is 612. The van der Waals surface area contributed by atoms with Gasteiger partial charge in [-0.1, -0.05) is 18.2 Å². The minimum absolute atomic E-state index is 0.231. The van der Waals surface area contributed by atoms with Gasteiger partial charge in [0.2, 0.25) is 0 Å². The number of para-hydroxylation sites is 1. The first-order chi connectivity index (χ1) is 9.74. The highest BCUT2D eigenvalue weighted by molar-refractivity contribution is 5.86. The number of benzene rings is 1. The molecule has 4 heteroatoms. The van der Waals surface area contributed by atoms with Crippen molar-refractivity contribution in [1.29, 1.82) is 0 Å². The van der Waals surface area contributed by atoms with Crippen molar-refractivity contribution < 1.29 is 9.21 Å². The van der Waals surface area contributed by atoms with E-state index in [1.54, 1.807) is 0 Å². The van der Waals surface area contributed by atoms with Crippen LogP contribution in [0.2, 0.25) is 0 Å². The van der Waals surface area contributed by atoms with Gasteiger partial charge in [0.15, 0.2) is 5.78 Å². The second kappa shape index (κ2) is 5.77. The van der Waals surface area contributed by atoms with Crippen LogP contribution in [0.3, 0.4) is 0 Å². The smallest absolute Gasteiger partial charge is 0.154 e. The van der Waals surface area contributed by atoms with Crippen molar-refractivity contribution in [2.75, 3.05) is 32.7 Å². The number of furan rings is 1. The predicted molar refractivity (Wildman–Crippen MR) is 79.0 cm³/mol. The van der Waals surface area contributed by atoms with E-state index >= 15 is 0 Å². The van der Waals surface area contributed by atoms with Gasteiger partial charge < -0.3 is 9.73 Å². The standard InChI is InChI=1S/C16H20N2O2/c1-12-14-4-2-3-5-15(14)20-16(12)10-13(19)11-18-8-6-17-7-9-18/h2-5,17H,6-11H2,1H3. The van der Waals surface area contributed by atoms with Gasteiger partial charge in [-0.05, 0) is 18.6 Å². The average Bonchev–Trinajstić information content (AvgIpc) is 2.77. The van der Waals surface area contributed by atoms with Gasteiger partial charge in [0, 0.05) is 31.6 Å². The number of nitrogens with one attached hydrogen (secondary N) is 1. The lowest BCUT2D eigenvalue weighted by atomic mass is 10.1. The fourth-order valence-electron chi connectivity index (χ4n) is 2.75. The van der Waals surface area contributed by atoms with Crippen LogP contribution in [-0.2, 0) is 11.2 Å². The van der Waals surface area contributed by atoms with E-state index in [4.69, 9.17) is 4.42 Å². The number of fused-ring (bicyclic) bond motifs is 1. The summed E-state index contributed by atoms with van der Waals surface area (Å²) in [5.41, 5.74) is 1.96. The molecule has 1 fully saturated rings. The van der Waals surface area contributed by atoms with Gasteiger partial charge in [-0.15, -0.1) is 0 Å². The summed E-state index contributed by atoms with van der Waals surface area (Å²) in [5.74, 6) is 1.04. The SMILES string of the molecule is Cc1c(CC(=O)CN2CCNCC2)oc2ccccc12. The summed E-state index contributed by atoms with van der Waals surface area (Å²) in [5, 5.41) is 4.40. The van der Waals surface area contributed by atoms with E-state index in [1.807, 2.05) is 31.2 Å². The molecular weight excluding hydrogens is 252 g/mol. The van der Waals surface area contributed by atoms with Crippen LogP contribution in [0.15, 0.2) is 28.7 Å². The van der Waals surface area contributed by atoms with Crippen LogP contribution in [-0.4, -0.2) is 43.4 Å². The zero-order chi connectivity index (χ0) is 13.9. The first kappa shape index (κ1) is 13.3. The van der Waals surface area contributed by atoms with Crippen LogP contribution in [0.25, 0.3) is 11.0 Å². The number of aryl methyl sites for hydroxylation is 1. The van der Waals surface area contributed by atoms with E-state index in [2.05, 4.69) is 10.2 Å². The molecule has 1 aliphatic rings. The minimum Gasteiger partial charge on any atom is -0.460 e. The third kappa shape index (κ3) is 2.76. The number of carbonyl (C=O) groups is 1. The maximum Gasteiger partial charge on any atom is 0.154 e. The number of rotatable bonds is 4. The van der Waals surface area contributed by atoms with E-state index in [0.29, 0.717) is 13.0 Å². The number of piperazine rings is 1. The second-order valence-electron chi connectivity index (χ2n) is 5.39. The Balaban J connectivity index is 1.69. The molecule has 1 saturated heterocycles. The average molecular weight is 272 g/mol. The molecule has 0 aliphatic carbocycles. The van der Waals surface area contributed by atoms with Crippen LogP contribution in [0, 0.1) is 6.92 Å². The highest BCUT2D eigenvalue weighted by atomic mass is 16.3. The van der Waals surface area contributed by atoms with Gasteiger partial charge >= 0.3 is 0 Å². The maximum atomic E-state index is 12.2. The summed E-state index contributed by atoms with van der Waals surface area (Å²) >= 11 is 0. The number of nitrogens with zero attached hydrogens (tertiary/aromatic N) is 1. The molecule has 3 rings (SSSR count). The summed E-state index contributed by atoms with van der Waals surface area (Å²) in [6.45, 7) is 6.39. The molecule has 0 spiro atoms. The number of hydrogen-bond acceptors (Lipinski definition) is 4. The quantitative estimate of drug-likeness (QED) is 0.921. The van der Waals surface area contributed by atoms with E-state index in [9.17, 15) is 4.79 Å². The maximum absolute atomic E-state index is 12.2. The molecular formula is C16H20N2O2. The van der Waals surface area contributed by atoms with Gasteiger partial charge in [0.25, 0.3) is 0 Å². The Hall–Kier alpha value is -1.65. The molecule has 4 nitrogen and oxygen atoms in total. The van der Waals surface area contributed by atoms with Gasteiger partial charge in [-0.25, -0.2) is 0 Å². The van der Waals surface area contributed by atoms with Gasteiger partial charge in [-0.3, -0.25) is 9.69 Å². The Morgan fingerprint density at radius 3 is 2.80 bits per heavy atom. The fraction of sp³-hybridized carbons (Fsp3) is 0.438. The minimum atomic E-state index is 0.231. The Morgan fingerprint density at radius 2 is 2.05 bits per heavy atom. The van der Waals surface area contributed by atoms with Gasteiger partial charge in [-0.2, -0.15) is 0 Å². The molecule has 2 heterocycles. The molecule has 0 atom stereocenters. The fourth-order valence-corrected chi connectivity index (χ4v) is 2.75. The summed E-state index contributed by atoms with van der Waals surface area (Å²) in [6, 6.07) is 7.94. The molecule has 0 bridgehead atoms. The summed E-state index contributed by atoms with van der Waals surface area (Å²) in [7, 11) is 0. The van der Waals surface area contributed by atoms with Crippen LogP contribution in [0.4, 0.5) is 0 Å². The number of Topliss-reactive ketones (excluding diaryl/α,β-unsaturated/α-hetero) is 1. The molecule has 106 valence electrons. The highest BCUT2D eigenvalue weighted by Gasteiger charge is 2.17. The lowest BCUT2D eigenvalue weighted by molar-refractivity contribution is -0.119. The van der Waals surface area contributed by atoms with E-state index < -0.39 is 0 Å². The Labute approximate surface area is 118 Å². The second-order valence-corrected chi connectivity index (χ2v) is 5.39. The molecule has 1 N–H and O–H groups in total. The Morgan fingerprint density at radius 1 is 1.30 bits per heavy atom. The molecule has 1 aromatic heterocycles. The zero-order valence-corrected chi connectivity index (χ0v) is 11.8. The van der Waals surface area contributed by atoms with Crippen LogP contribution in [0.1, 0.15) is 11.3 Å². The van der Waals surface area contributed by atoms with Crippen molar-refractivity contribution in [2.45, 2.75) is 13.3 Å². The normalized spacial score (nSPS) is 16.6. The van der Waals surface area contributed by atoms with E-state index in [-0.39, 0.29) is 5.78 Å². The molecule has 2 aromatic rings. The topological polar surface area (TPSA) is 45.5 Å². The van der Waals surface area contributed by atoms with Crippen molar-refractivity contribution >= 4 is 16.8 Å². The first-order valence-corrected chi connectivity index (χ1v) is 7.16. The molecule has 1 aliphatic heterocycles. The number of ketones is 1. The molecule has 1 aromatic carbocycles. The van der Waals surface area contributed by atoms with Crippen molar-refractivity contribution in [3.63, 3.8) is 0 Å². The molecule has 20 heavy (non-hydrogen) atoms. The van der Waals surface area contributed by atoms with Crippen molar-refractivity contribution in [2.24, 2.45) is 0 Å². The summed E-state index contributed by atoms with van der Waals surface area (Å²) in [4.78, 5) is 14.4. The summed E-state index contributed by atoms with van der Waals surface area (Å²) in [6.07, 6.45) is 0.393. The monoisotopic (exact) mass is 272 g/mol. The third-order valence-corrected chi connectivity index (χ3v) is 3.91. The molecule has 0 saturated carbocycles. The molecule has 0 amide bonds. The van der Waals surface area contributed by atoms with Crippen LogP contribution in [0.5, 0.6) is 0 Å². The lowest BCUT2D eigenvalue weighted by Gasteiger charge is -2.26. The summed E-state index contributed by atoms with van der Waals surface area (Å²) < 4.78 is 5.81. The highest BCUT2D eigenvalue weighted by Crippen LogP contribution is 2.25. The van der Waals surface area contributed by atoms with E-state index in [1.165, 1.54) is 0 Å². The first-order valence-electron chi connectivity index (χ1n) is 7.16. The largest absolute Gasteiger partial charge is 0.460 e. The van der Waals surface area contributed by atoms with E-state index in [0.717, 1.165) is 48.5 Å². The third-order valence-electron chi connectivity index (χ3n) is 3.91. The van der Waals surface area contributed by atoms with Crippen molar-refractivity contribution in [3.8, 4) is 0 Å². The predicted octanol–water partition coefficient (Wildman–Crippen LogP) is 1.76. The van der Waals surface area contributed by atoms with Gasteiger partial charge in [0.05, 0.1) is 13.0 Å². The van der Waals surface area contributed by atoms with Crippen molar-refractivity contribution in [3.05, 3.63) is 35.6 Å². The van der Waals surface area contributed by atoms with Gasteiger partial charge in [0.1, 0.15) is 11.3 Å². The van der Waals surface area contributed by atoms with Crippen LogP contribution >= 0.6 is 0 Å². The zero-order valence-electron chi connectivity index (χ0n) is 11.8. The van der Waals surface area contributed by atoms with Crippen molar-refractivity contribution in [1.82, 2.24) is 10.2 Å². The number of hydrogen-bond donors (Lipinski definition) is 1. The Kier molecular flexibility index (Phi) is 3.85. The lowest BCUT2D eigenvalue weighted by Crippen LogP contribution is -2.45. The number of carbonyl (C=O) groups excluding carboxylic acids is 1. The molecule has 0 radical (unpaired) electrons. The van der Waals surface area contributed by atoms with Crippen LogP contribution < -0.4 is 5.32 Å². The molecule has 0 unspecified atom stereocenters.